The van der Waals surface area contributed by atoms with Crippen molar-refractivity contribution in [2.75, 3.05) is 6.54 Å². The third-order valence-corrected chi connectivity index (χ3v) is 9.34. The largest absolute Gasteiger partial charge is 0.274 e. The first-order chi connectivity index (χ1) is 15.7. The Morgan fingerprint density at radius 1 is 0.688 bits per heavy atom. The SMILES string of the molecule is CCCCCCCCCCCCN1C(=O)c2c(-c3cccs3)sc(-c3cccs3)c2C1=O. The van der Waals surface area contributed by atoms with E-state index in [-0.39, 0.29) is 11.8 Å². The summed E-state index contributed by atoms with van der Waals surface area (Å²) in [5.74, 6) is -0.216. The standard InChI is InChI=1S/C26H31NO2S3/c1-2-3-4-5-6-7-8-9-10-11-16-27-25(28)21-22(26(27)29)24(20-15-13-18-31-20)32-23(21)19-14-12-17-30-19/h12-15,17-18H,2-11,16H2,1H3. The highest BCUT2D eigenvalue weighted by molar-refractivity contribution is 7.26. The third-order valence-electron chi connectivity index (χ3n) is 6.05. The highest BCUT2D eigenvalue weighted by Gasteiger charge is 2.42. The van der Waals surface area contributed by atoms with E-state index >= 15 is 0 Å². The number of amides is 2. The van der Waals surface area contributed by atoms with E-state index in [1.807, 2.05) is 35.0 Å². The van der Waals surface area contributed by atoms with E-state index in [2.05, 4.69) is 6.92 Å². The minimum atomic E-state index is -0.108. The molecule has 2 amide bonds. The van der Waals surface area contributed by atoms with E-state index in [0.717, 1.165) is 32.4 Å². The fourth-order valence-corrected chi connectivity index (χ4v) is 7.33. The number of unbranched alkanes of at least 4 members (excludes halogenated alkanes) is 9. The second kappa shape index (κ2) is 11.4. The molecule has 1 aliphatic rings. The van der Waals surface area contributed by atoms with Crippen molar-refractivity contribution in [3.8, 4) is 19.5 Å². The van der Waals surface area contributed by atoms with Crippen molar-refractivity contribution in [3.05, 3.63) is 46.2 Å². The maximum absolute atomic E-state index is 13.3. The summed E-state index contributed by atoms with van der Waals surface area (Å²) in [5, 5.41) is 4.05. The number of nitrogens with zero attached hydrogens (tertiary/aromatic N) is 1. The number of hydrogen-bond acceptors (Lipinski definition) is 5. The third kappa shape index (κ3) is 5.08. The number of fused-ring (bicyclic) bond motifs is 1. The fraction of sp³-hybridized carbons (Fsp3) is 0.462. The molecule has 0 fully saturated rings. The molecule has 0 aliphatic carbocycles. The van der Waals surface area contributed by atoms with E-state index in [9.17, 15) is 9.59 Å². The molecule has 0 bridgehead atoms. The predicted octanol–water partition coefficient (Wildman–Crippen LogP) is 8.72. The summed E-state index contributed by atoms with van der Waals surface area (Å²) in [6.07, 6.45) is 12.4. The zero-order valence-electron chi connectivity index (χ0n) is 18.7. The Hall–Kier alpha value is -1.76. The first kappa shape index (κ1) is 23.4. The molecule has 3 aromatic rings. The van der Waals surface area contributed by atoms with Crippen LogP contribution in [0.2, 0.25) is 0 Å². The summed E-state index contributed by atoms with van der Waals surface area (Å²) in [6, 6.07) is 8.08. The van der Waals surface area contributed by atoms with Crippen molar-refractivity contribution in [1.82, 2.24) is 4.90 Å². The fourth-order valence-electron chi connectivity index (χ4n) is 4.32. The Morgan fingerprint density at radius 2 is 1.16 bits per heavy atom. The molecule has 0 N–H and O–H groups in total. The Bertz CT molecular complexity index is 949. The molecule has 4 rings (SSSR count). The van der Waals surface area contributed by atoms with Crippen molar-refractivity contribution in [3.63, 3.8) is 0 Å². The molecule has 32 heavy (non-hydrogen) atoms. The molecule has 3 aromatic heterocycles. The van der Waals surface area contributed by atoms with E-state index in [1.165, 1.54) is 56.3 Å². The Balaban J connectivity index is 1.37. The van der Waals surface area contributed by atoms with Crippen LogP contribution in [-0.4, -0.2) is 23.3 Å². The van der Waals surface area contributed by atoms with Gasteiger partial charge in [0.1, 0.15) is 0 Å². The minimum Gasteiger partial charge on any atom is -0.274 e. The smallest absolute Gasteiger partial charge is 0.263 e. The van der Waals surface area contributed by atoms with Crippen molar-refractivity contribution in [1.29, 1.82) is 0 Å². The van der Waals surface area contributed by atoms with Crippen LogP contribution in [0, 0.1) is 0 Å². The number of thiophene rings is 3. The van der Waals surface area contributed by atoms with Crippen LogP contribution in [0.5, 0.6) is 0 Å². The second-order valence-corrected chi connectivity index (χ2v) is 11.3. The van der Waals surface area contributed by atoms with Crippen LogP contribution in [0.1, 0.15) is 91.8 Å². The Kier molecular flexibility index (Phi) is 8.33. The molecule has 0 spiro atoms. The summed E-state index contributed by atoms with van der Waals surface area (Å²) in [6.45, 7) is 2.78. The number of carbonyl (C=O) groups is 2. The van der Waals surface area contributed by atoms with E-state index in [1.54, 1.807) is 34.0 Å². The quantitative estimate of drug-likeness (QED) is 0.179. The first-order valence-corrected chi connectivity index (χ1v) is 14.4. The topological polar surface area (TPSA) is 37.4 Å². The van der Waals surface area contributed by atoms with Crippen molar-refractivity contribution in [2.45, 2.75) is 71.1 Å². The van der Waals surface area contributed by atoms with Crippen molar-refractivity contribution >= 4 is 45.8 Å². The van der Waals surface area contributed by atoms with Crippen LogP contribution in [-0.2, 0) is 0 Å². The molecule has 3 nitrogen and oxygen atoms in total. The normalized spacial score (nSPS) is 13.3. The van der Waals surface area contributed by atoms with Crippen LogP contribution in [0.4, 0.5) is 0 Å². The van der Waals surface area contributed by atoms with Gasteiger partial charge in [0.25, 0.3) is 11.8 Å². The molecule has 0 saturated carbocycles. The average molecular weight is 486 g/mol. The lowest BCUT2D eigenvalue weighted by Gasteiger charge is -2.14. The van der Waals surface area contributed by atoms with E-state index in [0.29, 0.717) is 17.7 Å². The molecule has 1 aliphatic heterocycles. The molecule has 0 saturated heterocycles. The zero-order chi connectivity index (χ0) is 22.3. The molecular weight excluding hydrogens is 454 g/mol. The summed E-state index contributed by atoms with van der Waals surface area (Å²) in [4.78, 5) is 32.2. The Labute approximate surface area is 203 Å². The zero-order valence-corrected chi connectivity index (χ0v) is 21.2. The molecule has 6 heteroatoms. The van der Waals surface area contributed by atoms with Crippen molar-refractivity contribution < 1.29 is 9.59 Å². The van der Waals surface area contributed by atoms with Gasteiger partial charge in [-0.1, -0.05) is 76.8 Å². The second-order valence-electron chi connectivity index (χ2n) is 8.41. The molecule has 4 heterocycles. The van der Waals surface area contributed by atoms with E-state index < -0.39 is 0 Å². The van der Waals surface area contributed by atoms with Gasteiger partial charge in [0, 0.05) is 16.3 Å². The van der Waals surface area contributed by atoms with Crippen molar-refractivity contribution in [2.24, 2.45) is 0 Å². The first-order valence-electron chi connectivity index (χ1n) is 11.8. The van der Waals surface area contributed by atoms with Gasteiger partial charge < -0.3 is 0 Å². The van der Waals surface area contributed by atoms with Gasteiger partial charge in [-0.25, -0.2) is 0 Å². The molecule has 0 radical (unpaired) electrons. The number of carbonyl (C=O) groups excluding carboxylic acids is 2. The summed E-state index contributed by atoms with van der Waals surface area (Å²) in [7, 11) is 0. The number of hydrogen-bond donors (Lipinski definition) is 0. The number of imide groups is 1. The van der Waals surface area contributed by atoms with Gasteiger partial charge in [0.05, 0.1) is 20.9 Å². The van der Waals surface area contributed by atoms with Crippen LogP contribution in [0.3, 0.4) is 0 Å². The highest BCUT2D eigenvalue weighted by Crippen LogP contribution is 2.48. The molecular formula is C26H31NO2S3. The summed E-state index contributed by atoms with van der Waals surface area (Å²) >= 11 is 4.83. The maximum atomic E-state index is 13.3. The van der Waals surface area contributed by atoms with Crippen LogP contribution in [0.25, 0.3) is 19.5 Å². The molecule has 170 valence electrons. The van der Waals surface area contributed by atoms with Gasteiger partial charge in [0.2, 0.25) is 0 Å². The summed E-state index contributed by atoms with van der Waals surface area (Å²) < 4.78 is 0. The molecule has 0 unspecified atom stereocenters. The lowest BCUT2D eigenvalue weighted by atomic mass is 10.1. The lowest BCUT2D eigenvalue weighted by Crippen LogP contribution is -2.31. The Morgan fingerprint density at radius 3 is 1.59 bits per heavy atom. The average Bonchev–Trinajstić information content (AvgIpc) is 3.58. The molecule has 0 aromatic carbocycles. The predicted molar refractivity (Wildman–Crippen MR) is 138 cm³/mol. The van der Waals surface area contributed by atoms with Gasteiger partial charge in [0.15, 0.2) is 0 Å². The molecule has 0 atom stereocenters. The van der Waals surface area contributed by atoms with Gasteiger partial charge in [-0.05, 0) is 29.3 Å². The summed E-state index contributed by atoms with van der Waals surface area (Å²) in [5.41, 5.74) is 1.25. The van der Waals surface area contributed by atoms with Gasteiger partial charge in [-0.2, -0.15) is 0 Å². The van der Waals surface area contributed by atoms with Gasteiger partial charge in [-0.3, -0.25) is 14.5 Å². The van der Waals surface area contributed by atoms with E-state index in [4.69, 9.17) is 0 Å². The lowest BCUT2D eigenvalue weighted by molar-refractivity contribution is 0.0652. The van der Waals surface area contributed by atoms with Crippen LogP contribution < -0.4 is 0 Å². The van der Waals surface area contributed by atoms with Gasteiger partial charge >= 0.3 is 0 Å². The van der Waals surface area contributed by atoms with Gasteiger partial charge in [-0.15, -0.1) is 34.0 Å². The monoisotopic (exact) mass is 485 g/mol. The maximum Gasteiger partial charge on any atom is 0.263 e. The van der Waals surface area contributed by atoms with Crippen LogP contribution in [0.15, 0.2) is 35.0 Å². The number of rotatable bonds is 13. The van der Waals surface area contributed by atoms with Crippen LogP contribution >= 0.6 is 34.0 Å². The highest BCUT2D eigenvalue weighted by atomic mass is 32.1. The minimum absolute atomic E-state index is 0.108.